The molecule has 1 amide bonds. The molecule has 0 N–H and O–H groups in total. The minimum atomic E-state index is 0.169. The van der Waals surface area contributed by atoms with Gasteiger partial charge in [-0.15, -0.1) is 0 Å². The van der Waals surface area contributed by atoms with Gasteiger partial charge in [-0.1, -0.05) is 29.3 Å². The monoisotopic (exact) mass is 436 g/mol. The highest BCUT2D eigenvalue weighted by Crippen LogP contribution is 2.31. The van der Waals surface area contributed by atoms with E-state index in [2.05, 4.69) is 17.0 Å². The summed E-state index contributed by atoms with van der Waals surface area (Å²) in [6, 6.07) is 13.3. The number of ether oxygens (including phenoxy) is 2. The van der Waals surface area contributed by atoms with Crippen LogP contribution in [0.1, 0.15) is 19.3 Å². The van der Waals surface area contributed by atoms with Crippen LogP contribution in [0.15, 0.2) is 42.5 Å². The Kier molecular flexibility index (Phi) is 7.90. The number of nitrogens with zero attached hydrogens (tertiary/aromatic N) is 2. The van der Waals surface area contributed by atoms with Gasteiger partial charge in [-0.05, 0) is 49.2 Å². The molecule has 1 saturated heterocycles. The highest BCUT2D eigenvalue weighted by Gasteiger charge is 2.19. The van der Waals surface area contributed by atoms with Crippen molar-refractivity contribution in [3.63, 3.8) is 0 Å². The summed E-state index contributed by atoms with van der Waals surface area (Å²) in [5, 5.41) is 0.873. The van der Waals surface area contributed by atoms with Crippen molar-refractivity contribution in [2.24, 2.45) is 0 Å². The van der Waals surface area contributed by atoms with Crippen LogP contribution in [0.25, 0.3) is 0 Å². The number of hydrogen-bond acceptors (Lipinski definition) is 4. The zero-order chi connectivity index (χ0) is 20.6. The van der Waals surface area contributed by atoms with Crippen LogP contribution in [0, 0.1) is 0 Å². The Balaban J connectivity index is 1.43. The van der Waals surface area contributed by atoms with E-state index in [1.54, 1.807) is 25.3 Å². The summed E-state index contributed by atoms with van der Waals surface area (Å²) in [6.07, 6.45) is 2.05. The van der Waals surface area contributed by atoms with Gasteiger partial charge in [0.25, 0.3) is 0 Å². The Bertz CT molecular complexity index is 814. The molecule has 3 rings (SSSR count). The fraction of sp³-hybridized carbons (Fsp3) is 0.409. The first kappa shape index (κ1) is 21.6. The normalized spacial score (nSPS) is 14.4. The van der Waals surface area contributed by atoms with Crippen molar-refractivity contribution in [3.05, 3.63) is 52.5 Å². The lowest BCUT2D eigenvalue weighted by Crippen LogP contribution is -2.35. The minimum Gasteiger partial charge on any atom is -0.497 e. The Morgan fingerprint density at radius 2 is 1.83 bits per heavy atom. The SMILES string of the molecule is COc1ccc(N2CCCN(C(=O)CCCOc3cccc(Cl)c3Cl)CC2)cc1. The molecule has 0 spiro atoms. The molecule has 7 heteroatoms. The maximum atomic E-state index is 12.6. The van der Waals surface area contributed by atoms with Crippen LogP contribution in [0.4, 0.5) is 5.69 Å². The predicted octanol–water partition coefficient (Wildman–Crippen LogP) is 4.90. The Morgan fingerprint density at radius 1 is 1.03 bits per heavy atom. The third-order valence-electron chi connectivity index (χ3n) is 4.99. The van der Waals surface area contributed by atoms with Gasteiger partial charge >= 0.3 is 0 Å². The summed E-state index contributed by atoms with van der Waals surface area (Å²) in [6.45, 7) is 3.70. The van der Waals surface area contributed by atoms with E-state index in [-0.39, 0.29) is 5.91 Å². The molecule has 0 atom stereocenters. The fourth-order valence-corrected chi connectivity index (χ4v) is 3.72. The number of benzene rings is 2. The lowest BCUT2D eigenvalue weighted by molar-refractivity contribution is -0.131. The first-order chi connectivity index (χ1) is 14.1. The standard InChI is InChI=1S/C22H26Cl2N2O3/c1-28-18-10-8-17(9-11-18)25-12-4-13-26(15-14-25)21(27)7-3-16-29-20-6-2-5-19(23)22(20)24/h2,5-6,8-11H,3-4,7,12-16H2,1H3. The molecule has 0 bridgehead atoms. The maximum absolute atomic E-state index is 12.6. The molecule has 0 radical (unpaired) electrons. The fourth-order valence-electron chi connectivity index (χ4n) is 3.38. The van der Waals surface area contributed by atoms with Crippen LogP contribution >= 0.6 is 23.2 Å². The Morgan fingerprint density at radius 3 is 2.59 bits per heavy atom. The van der Waals surface area contributed by atoms with Crippen molar-refractivity contribution in [3.8, 4) is 11.5 Å². The molecule has 0 saturated carbocycles. The second-order valence-electron chi connectivity index (χ2n) is 6.92. The van der Waals surface area contributed by atoms with Gasteiger partial charge in [0.2, 0.25) is 5.91 Å². The topological polar surface area (TPSA) is 42.0 Å². The lowest BCUT2D eigenvalue weighted by atomic mass is 10.2. The van der Waals surface area contributed by atoms with Crippen LogP contribution < -0.4 is 14.4 Å². The molecule has 156 valence electrons. The quantitative estimate of drug-likeness (QED) is 0.578. The average Bonchev–Trinajstić information content (AvgIpc) is 3.00. The third-order valence-corrected chi connectivity index (χ3v) is 5.80. The number of rotatable bonds is 7. The number of anilines is 1. The van der Waals surface area contributed by atoms with E-state index in [1.807, 2.05) is 17.0 Å². The van der Waals surface area contributed by atoms with Crippen molar-refractivity contribution in [1.82, 2.24) is 4.90 Å². The van der Waals surface area contributed by atoms with E-state index >= 15 is 0 Å². The number of amides is 1. The van der Waals surface area contributed by atoms with E-state index in [1.165, 1.54) is 0 Å². The summed E-state index contributed by atoms with van der Waals surface area (Å²) in [5.41, 5.74) is 1.16. The molecule has 5 nitrogen and oxygen atoms in total. The highest BCUT2D eigenvalue weighted by atomic mass is 35.5. The molecule has 0 unspecified atom stereocenters. The summed E-state index contributed by atoms with van der Waals surface area (Å²) in [7, 11) is 1.67. The molecule has 1 fully saturated rings. The van der Waals surface area contributed by atoms with Gasteiger partial charge in [-0.25, -0.2) is 0 Å². The molecule has 2 aromatic rings. The van der Waals surface area contributed by atoms with Gasteiger partial charge in [-0.2, -0.15) is 0 Å². The smallest absolute Gasteiger partial charge is 0.222 e. The van der Waals surface area contributed by atoms with Crippen LogP contribution in [0.5, 0.6) is 11.5 Å². The second kappa shape index (κ2) is 10.6. The Labute approximate surface area is 182 Å². The van der Waals surface area contributed by atoms with Crippen molar-refractivity contribution in [1.29, 1.82) is 0 Å². The summed E-state index contributed by atoms with van der Waals surface area (Å²) < 4.78 is 10.9. The summed E-state index contributed by atoms with van der Waals surface area (Å²) >= 11 is 12.1. The highest BCUT2D eigenvalue weighted by molar-refractivity contribution is 6.42. The number of methoxy groups -OCH3 is 1. The van der Waals surface area contributed by atoms with E-state index in [0.717, 1.165) is 44.0 Å². The van der Waals surface area contributed by atoms with Gasteiger partial charge < -0.3 is 19.3 Å². The van der Waals surface area contributed by atoms with Gasteiger partial charge in [0, 0.05) is 38.3 Å². The third kappa shape index (κ3) is 5.94. The number of carbonyl (C=O) groups excluding carboxylic acids is 1. The van der Waals surface area contributed by atoms with Gasteiger partial charge in [-0.3, -0.25) is 4.79 Å². The molecule has 29 heavy (non-hydrogen) atoms. The van der Waals surface area contributed by atoms with E-state index in [9.17, 15) is 4.79 Å². The number of hydrogen-bond donors (Lipinski definition) is 0. The molecule has 1 aliphatic heterocycles. The van der Waals surface area contributed by atoms with Gasteiger partial charge in [0.05, 0.1) is 18.7 Å². The largest absolute Gasteiger partial charge is 0.497 e. The molecule has 1 aliphatic rings. The van der Waals surface area contributed by atoms with E-state index < -0.39 is 0 Å². The van der Waals surface area contributed by atoms with Crippen molar-refractivity contribution in [2.75, 3.05) is 44.8 Å². The number of carbonyl (C=O) groups is 1. The zero-order valence-electron chi connectivity index (χ0n) is 16.6. The van der Waals surface area contributed by atoms with Gasteiger partial charge in [0.15, 0.2) is 0 Å². The second-order valence-corrected chi connectivity index (χ2v) is 7.71. The molecular formula is C22H26Cl2N2O3. The number of halogens is 2. The van der Waals surface area contributed by atoms with Crippen LogP contribution in [-0.2, 0) is 4.79 Å². The van der Waals surface area contributed by atoms with Crippen LogP contribution in [-0.4, -0.2) is 50.7 Å². The summed E-state index contributed by atoms with van der Waals surface area (Å²) in [4.78, 5) is 16.9. The first-order valence-corrected chi connectivity index (χ1v) is 10.6. The van der Waals surface area contributed by atoms with Crippen LogP contribution in [0.2, 0.25) is 10.0 Å². The van der Waals surface area contributed by atoms with Crippen molar-refractivity contribution < 1.29 is 14.3 Å². The summed E-state index contributed by atoms with van der Waals surface area (Å²) in [5.74, 6) is 1.57. The molecule has 0 aromatic heterocycles. The van der Waals surface area contributed by atoms with Crippen molar-refractivity contribution in [2.45, 2.75) is 19.3 Å². The van der Waals surface area contributed by atoms with Gasteiger partial charge in [0.1, 0.15) is 16.5 Å². The Hall–Kier alpha value is -2.11. The predicted molar refractivity (Wildman–Crippen MR) is 118 cm³/mol. The first-order valence-electron chi connectivity index (χ1n) is 9.82. The molecule has 2 aromatic carbocycles. The zero-order valence-corrected chi connectivity index (χ0v) is 18.1. The van der Waals surface area contributed by atoms with Crippen molar-refractivity contribution >= 4 is 34.8 Å². The molecular weight excluding hydrogens is 411 g/mol. The maximum Gasteiger partial charge on any atom is 0.222 e. The van der Waals surface area contributed by atoms with Crippen LogP contribution in [0.3, 0.4) is 0 Å². The van der Waals surface area contributed by atoms with E-state index in [4.69, 9.17) is 32.7 Å². The minimum absolute atomic E-state index is 0.169. The van der Waals surface area contributed by atoms with E-state index in [0.29, 0.717) is 35.2 Å². The molecule has 1 heterocycles. The average molecular weight is 437 g/mol. The molecule has 0 aliphatic carbocycles. The lowest BCUT2D eigenvalue weighted by Gasteiger charge is -2.24.